The van der Waals surface area contributed by atoms with Crippen molar-refractivity contribution in [1.82, 2.24) is 4.73 Å². The molecule has 0 fully saturated rings. The Morgan fingerprint density at radius 1 is 1.27 bits per heavy atom. The van der Waals surface area contributed by atoms with Gasteiger partial charge in [0, 0.05) is 16.6 Å². The molecule has 11 heavy (non-hydrogen) atoms. The van der Waals surface area contributed by atoms with E-state index in [1.165, 1.54) is 0 Å². The number of hydrogen-bond acceptors (Lipinski definition) is 1. The molecule has 0 saturated carbocycles. The molecule has 0 spiro atoms. The number of fused-ring (bicyclic) bond motifs is 1. The van der Waals surface area contributed by atoms with Gasteiger partial charge in [0.2, 0.25) is 0 Å². The van der Waals surface area contributed by atoms with E-state index in [-0.39, 0.29) is 0 Å². The van der Waals surface area contributed by atoms with Crippen LogP contribution in [-0.2, 0) is 0 Å². The van der Waals surface area contributed by atoms with Crippen LogP contribution in [0.3, 0.4) is 0 Å². The maximum Gasteiger partial charge on any atom is 0.0880 e. The quantitative estimate of drug-likeness (QED) is 0.600. The number of halogens is 1. The largest absolute Gasteiger partial charge is 0.428 e. The van der Waals surface area contributed by atoms with Gasteiger partial charge in [0.1, 0.15) is 0 Å². The van der Waals surface area contributed by atoms with Crippen molar-refractivity contribution in [1.29, 1.82) is 0 Å². The van der Waals surface area contributed by atoms with Gasteiger partial charge in [0.05, 0.1) is 5.52 Å². The van der Waals surface area contributed by atoms with Gasteiger partial charge in [-0.2, -0.15) is 4.73 Å². The molecule has 2 aromatic rings. The minimum Gasteiger partial charge on any atom is -0.428 e. The Bertz CT molecular complexity index is 394. The predicted octanol–water partition coefficient (Wildman–Crippen LogP) is 2.53. The molecular formula is C8H6ClNO. The highest BCUT2D eigenvalue weighted by molar-refractivity contribution is 6.31. The Morgan fingerprint density at radius 2 is 2.09 bits per heavy atom. The first-order valence-electron chi connectivity index (χ1n) is 3.23. The van der Waals surface area contributed by atoms with E-state index < -0.39 is 0 Å². The molecule has 3 heteroatoms. The summed E-state index contributed by atoms with van der Waals surface area (Å²) in [5.41, 5.74) is 0.734. The first-order valence-corrected chi connectivity index (χ1v) is 3.61. The van der Waals surface area contributed by atoms with Crippen molar-refractivity contribution in [3.05, 3.63) is 35.5 Å². The van der Waals surface area contributed by atoms with Crippen LogP contribution in [0.15, 0.2) is 30.5 Å². The Hall–Kier alpha value is -1.15. The summed E-state index contributed by atoms with van der Waals surface area (Å²) in [6.45, 7) is 0. The summed E-state index contributed by atoms with van der Waals surface area (Å²) in [5.74, 6) is 0. The van der Waals surface area contributed by atoms with Crippen LogP contribution in [0.5, 0.6) is 0 Å². The average Bonchev–Trinajstić information content (AvgIpc) is 2.33. The monoisotopic (exact) mass is 167 g/mol. The molecule has 0 saturated heterocycles. The van der Waals surface area contributed by atoms with E-state index in [0.29, 0.717) is 5.02 Å². The average molecular weight is 168 g/mol. The second-order valence-corrected chi connectivity index (χ2v) is 2.80. The van der Waals surface area contributed by atoms with Gasteiger partial charge in [-0.3, -0.25) is 0 Å². The molecule has 0 amide bonds. The van der Waals surface area contributed by atoms with Crippen LogP contribution < -0.4 is 0 Å². The second-order valence-electron chi connectivity index (χ2n) is 2.36. The Kier molecular flexibility index (Phi) is 1.29. The molecule has 0 aliphatic heterocycles. The number of benzene rings is 1. The molecule has 1 aromatic heterocycles. The molecule has 56 valence electrons. The zero-order chi connectivity index (χ0) is 7.84. The van der Waals surface area contributed by atoms with E-state index in [4.69, 9.17) is 11.6 Å². The van der Waals surface area contributed by atoms with E-state index in [1.807, 2.05) is 12.1 Å². The van der Waals surface area contributed by atoms with Crippen LogP contribution in [-0.4, -0.2) is 9.94 Å². The van der Waals surface area contributed by atoms with Gasteiger partial charge in [-0.1, -0.05) is 17.7 Å². The van der Waals surface area contributed by atoms with Crippen LogP contribution in [0.25, 0.3) is 10.9 Å². The smallest absolute Gasteiger partial charge is 0.0880 e. The lowest BCUT2D eigenvalue weighted by Gasteiger charge is -1.94. The highest BCUT2D eigenvalue weighted by atomic mass is 35.5. The van der Waals surface area contributed by atoms with E-state index in [0.717, 1.165) is 15.6 Å². The maximum atomic E-state index is 9.19. The predicted molar refractivity (Wildman–Crippen MR) is 44.1 cm³/mol. The lowest BCUT2D eigenvalue weighted by Crippen LogP contribution is -1.84. The Balaban J connectivity index is 2.87. The van der Waals surface area contributed by atoms with Crippen molar-refractivity contribution >= 4 is 22.5 Å². The molecule has 1 heterocycles. The fraction of sp³-hybridized carbons (Fsp3) is 0. The van der Waals surface area contributed by atoms with Gasteiger partial charge in [-0.05, 0) is 18.2 Å². The summed E-state index contributed by atoms with van der Waals surface area (Å²) in [4.78, 5) is 0. The van der Waals surface area contributed by atoms with E-state index in [2.05, 4.69) is 0 Å². The number of hydrogen-bond donors (Lipinski definition) is 1. The van der Waals surface area contributed by atoms with Crippen molar-refractivity contribution < 1.29 is 5.21 Å². The third-order valence-corrected chi connectivity index (χ3v) is 1.87. The van der Waals surface area contributed by atoms with Gasteiger partial charge in [0.25, 0.3) is 0 Å². The minimum atomic E-state index is 0.631. The van der Waals surface area contributed by atoms with Gasteiger partial charge in [-0.15, -0.1) is 0 Å². The molecule has 1 N–H and O–H groups in total. The summed E-state index contributed by atoms with van der Waals surface area (Å²) in [7, 11) is 0. The molecule has 0 radical (unpaired) electrons. The zero-order valence-corrected chi connectivity index (χ0v) is 6.42. The number of rotatable bonds is 0. The van der Waals surface area contributed by atoms with E-state index in [9.17, 15) is 5.21 Å². The van der Waals surface area contributed by atoms with Crippen molar-refractivity contribution in [2.75, 3.05) is 0 Å². The van der Waals surface area contributed by atoms with Crippen LogP contribution in [0.1, 0.15) is 0 Å². The molecule has 2 rings (SSSR count). The Morgan fingerprint density at radius 3 is 2.91 bits per heavy atom. The van der Waals surface area contributed by atoms with Crippen molar-refractivity contribution in [3.8, 4) is 0 Å². The molecule has 0 atom stereocenters. The standard InChI is InChI=1S/C8H6ClNO/c9-7-2-1-6-3-4-10(11)8(6)5-7/h1-5,11H. The topological polar surface area (TPSA) is 25.2 Å². The third kappa shape index (κ3) is 0.955. The molecule has 0 bridgehead atoms. The van der Waals surface area contributed by atoms with Crippen molar-refractivity contribution in [3.63, 3.8) is 0 Å². The van der Waals surface area contributed by atoms with Crippen molar-refractivity contribution in [2.45, 2.75) is 0 Å². The third-order valence-electron chi connectivity index (χ3n) is 1.63. The summed E-state index contributed by atoms with van der Waals surface area (Å²) in [6, 6.07) is 7.21. The first-order chi connectivity index (χ1) is 5.27. The molecule has 0 aliphatic rings. The van der Waals surface area contributed by atoms with Gasteiger partial charge < -0.3 is 5.21 Å². The molecular weight excluding hydrogens is 162 g/mol. The highest BCUT2D eigenvalue weighted by Crippen LogP contribution is 2.18. The summed E-state index contributed by atoms with van der Waals surface area (Å²) < 4.78 is 1.06. The second kappa shape index (κ2) is 2.17. The molecule has 2 nitrogen and oxygen atoms in total. The first kappa shape index (κ1) is 6.55. The minimum absolute atomic E-state index is 0.631. The Labute approximate surface area is 68.6 Å². The van der Waals surface area contributed by atoms with E-state index >= 15 is 0 Å². The summed E-state index contributed by atoms with van der Waals surface area (Å²) in [5, 5.41) is 10.8. The van der Waals surface area contributed by atoms with Crippen LogP contribution in [0, 0.1) is 0 Å². The van der Waals surface area contributed by atoms with E-state index in [1.54, 1.807) is 18.3 Å². The fourth-order valence-corrected chi connectivity index (χ4v) is 1.25. The van der Waals surface area contributed by atoms with Gasteiger partial charge in [-0.25, -0.2) is 0 Å². The van der Waals surface area contributed by atoms with Gasteiger partial charge >= 0.3 is 0 Å². The molecule has 0 unspecified atom stereocenters. The van der Waals surface area contributed by atoms with Crippen LogP contribution >= 0.6 is 11.6 Å². The molecule has 1 aromatic carbocycles. The number of aromatic nitrogens is 1. The van der Waals surface area contributed by atoms with Crippen LogP contribution in [0.4, 0.5) is 0 Å². The fourth-order valence-electron chi connectivity index (χ4n) is 1.09. The van der Waals surface area contributed by atoms with Crippen LogP contribution in [0.2, 0.25) is 5.02 Å². The number of nitrogens with zero attached hydrogens (tertiary/aromatic N) is 1. The lowest BCUT2D eigenvalue weighted by molar-refractivity contribution is 0.200. The lowest BCUT2D eigenvalue weighted by atomic mass is 10.2. The highest BCUT2D eigenvalue weighted by Gasteiger charge is 1.98. The summed E-state index contributed by atoms with van der Waals surface area (Å²) in [6.07, 6.45) is 1.58. The SMILES string of the molecule is On1ccc2ccc(Cl)cc21. The normalized spacial score (nSPS) is 10.6. The summed E-state index contributed by atoms with van der Waals surface area (Å²) >= 11 is 5.72. The maximum absolute atomic E-state index is 9.19. The zero-order valence-electron chi connectivity index (χ0n) is 5.66. The molecule has 0 aliphatic carbocycles. The van der Waals surface area contributed by atoms with Gasteiger partial charge in [0.15, 0.2) is 0 Å². The van der Waals surface area contributed by atoms with Crippen molar-refractivity contribution in [2.24, 2.45) is 0 Å².